The average Bonchev–Trinajstić information content (AvgIpc) is 2.79. The van der Waals surface area contributed by atoms with Crippen LogP contribution in [-0.4, -0.2) is 36.3 Å². The van der Waals surface area contributed by atoms with Crippen LogP contribution >= 0.6 is 0 Å². The van der Waals surface area contributed by atoms with Crippen LogP contribution in [0.1, 0.15) is 25.3 Å². The summed E-state index contributed by atoms with van der Waals surface area (Å²) in [6.45, 7) is 5.49. The lowest BCUT2D eigenvalue weighted by Crippen LogP contribution is -2.37. The molecule has 4 rings (SSSR count). The molecule has 18 heavy (non-hydrogen) atoms. The van der Waals surface area contributed by atoms with E-state index in [4.69, 9.17) is 4.74 Å². The molecule has 2 unspecified atom stereocenters. The Balaban J connectivity index is 1.61. The van der Waals surface area contributed by atoms with Gasteiger partial charge in [-0.05, 0) is 19.4 Å². The number of anilines is 1. The quantitative estimate of drug-likeness (QED) is 0.810. The number of aromatic nitrogens is 1. The van der Waals surface area contributed by atoms with E-state index in [1.807, 2.05) is 6.20 Å². The van der Waals surface area contributed by atoms with Gasteiger partial charge >= 0.3 is 0 Å². The van der Waals surface area contributed by atoms with Crippen molar-refractivity contribution in [1.29, 1.82) is 0 Å². The van der Waals surface area contributed by atoms with Crippen molar-refractivity contribution < 1.29 is 4.74 Å². The lowest BCUT2D eigenvalue weighted by molar-refractivity contribution is 0.115. The van der Waals surface area contributed by atoms with E-state index >= 15 is 0 Å². The van der Waals surface area contributed by atoms with Gasteiger partial charge < -0.3 is 15.0 Å². The Kier molecular flexibility index (Phi) is 2.13. The fourth-order valence-corrected chi connectivity index (χ4v) is 3.31. The largest absolute Gasteiger partial charge is 0.484 e. The Bertz CT molecular complexity index is 486. The summed E-state index contributed by atoms with van der Waals surface area (Å²) in [7, 11) is 0. The normalized spacial score (nSPS) is 33.4. The van der Waals surface area contributed by atoms with E-state index in [1.54, 1.807) is 0 Å². The summed E-state index contributed by atoms with van der Waals surface area (Å²) >= 11 is 0. The number of hydrogen-bond acceptors (Lipinski definition) is 4. The summed E-state index contributed by atoms with van der Waals surface area (Å²) in [6.07, 6.45) is 5.34. The van der Waals surface area contributed by atoms with E-state index < -0.39 is 0 Å². The maximum atomic E-state index is 6.17. The van der Waals surface area contributed by atoms with Gasteiger partial charge in [-0.25, -0.2) is 4.98 Å². The SMILES string of the molecule is CC1CC2(CN1)Cc1cc(N3CCC3)ncc1O2. The fraction of sp³-hybridized carbons (Fsp3) is 0.643. The fourth-order valence-electron chi connectivity index (χ4n) is 3.31. The number of fused-ring (bicyclic) bond motifs is 1. The monoisotopic (exact) mass is 245 g/mol. The predicted molar refractivity (Wildman–Crippen MR) is 70.2 cm³/mol. The molecule has 0 amide bonds. The van der Waals surface area contributed by atoms with Crippen molar-refractivity contribution in [3.8, 4) is 5.75 Å². The molecule has 0 saturated carbocycles. The zero-order valence-corrected chi connectivity index (χ0v) is 10.8. The summed E-state index contributed by atoms with van der Waals surface area (Å²) in [5.74, 6) is 2.12. The van der Waals surface area contributed by atoms with Gasteiger partial charge in [0, 0.05) is 44.1 Å². The first-order valence-corrected chi connectivity index (χ1v) is 6.90. The van der Waals surface area contributed by atoms with Crippen molar-refractivity contribution >= 4 is 5.82 Å². The van der Waals surface area contributed by atoms with Crippen LogP contribution in [0.4, 0.5) is 5.82 Å². The smallest absolute Gasteiger partial charge is 0.142 e. The second-order valence-corrected chi connectivity index (χ2v) is 5.94. The minimum Gasteiger partial charge on any atom is -0.484 e. The molecule has 1 aromatic heterocycles. The molecule has 96 valence electrons. The van der Waals surface area contributed by atoms with Gasteiger partial charge in [-0.3, -0.25) is 0 Å². The van der Waals surface area contributed by atoms with Crippen LogP contribution in [0.3, 0.4) is 0 Å². The van der Waals surface area contributed by atoms with Crippen LogP contribution < -0.4 is 15.0 Å². The molecule has 2 fully saturated rings. The molecule has 0 aliphatic carbocycles. The average molecular weight is 245 g/mol. The summed E-state index contributed by atoms with van der Waals surface area (Å²) in [6, 6.07) is 2.79. The van der Waals surface area contributed by atoms with Crippen LogP contribution in [0.15, 0.2) is 12.3 Å². The molecule has 3 aliphatic rings. The van der Waals surface area contributed by atoms with Crippen molar-refractivity contribution in [3.05, 3.63) is 17.8 Å². The van der Waals surface area contributed by atoms with Crippen molar-refractivity contribution in [2.45, 2.75) is 37.8 Å². The van der Waals surface area contributed by atoms with Gasteiger partial charge in [0.2, 0.25) is 0 Å². The van der Waals surface area contributed by atoms with Gasteiger partial charge in [-0.1, -0.05) is 0 Å². The molecular weight excluding hydrogens is 226 g/mol. The second kappa shape index (κ2) is 3.60. The van der Waals surface area contributed by atoms with Gasteiger partial charge in [0.1, 0.15) is 17.2 Å². The molecule has 1 N–H and O–H groups in total. The maximum Gasteiger partial charge on any atom is 0.142 e. The van der Waals surface area contributed by atoms with E-state index in [0.29, 0.717) is 6.04 Å². The van der Waals surface area contributed by atoms with Gasteiger partial charge in [0.15, 0.2) is 0 Å². The molecule has 2 saturated heterocycles. The van der Waals surface area contributed by atoms with Crippen molar-refractivity contribution in [3.63, 3.8) is 0 Å². The first kappa shape index (κ1) is 10.6. The predicted octanol–water partition coefficient (Wildman–Crippen LogP) is 1.35. The molecule has 4 heteroatoms. The third kappa shape index (κ3) is 1.52. The van der Waals surface area contributed by atoms with E-state index in [2.05, 4.69) is 28.2 Å². The minimum absolute atomic E-state index is 0.00298. The summed E-state index contributed by atoms with van der Waals surface area (Å²) < 4.78 is 6.17. The highest BCUT2D eigenvalue weighted by molar-refractivity contribution is 5.50. The van der Waals surface area contributed by atoms with E-state index in [0.717, 1.165) is 44.0 Å². The van der Waals surface area contributed by atoms with E-state index in [-0.39, 0.29) is 5.60 Å². The molecule has 2 atom stereocenters. The molecule has 0 aromatic carbocycles. The zero-order chi connectivity index (χ0) is 12.2. The first-order chi connectivity index (χ1) is 8.74. The molecule has 4 heterocycles. The molecule has 1 spiro atoms. The highest BCUT2D eigenvalue weighted by atomic mass is 16.5. The first-order valence-electron chi connectivity index (χ1n) is 6.90. The second-order valence-electron chi connectivity index (χ2n) is 5.94. The Morgan fingerprint density at radius 2 is 2.39 bits per heavy atom. The molecule has 1 aromatic rings. The standard InChI is InChI=1S/C14H19N3O/c1-10-6-14(9-16-10)7-11-5-13(17-3-2-4-17)15-8-12(11)18-14/h5,8,10,16H,2-4,6-7,9H2,1H3. The lowest BCUT2D eigenvalue weighted by atomic mass is 9.95. The number of pyridine rings is 1. The van der Waals surface area contributed by atoms with Crippen molar-refractivity contribution in [2.24, 2.45) is 0 Å². The van der Waals surface area contributed by atoms with Crippen molar-refractivity contribution in [1.82, 2.24) is 10.3 Å². The zero-order valence-electron chi connectivity index (χ0n) is 10.8. The molecule has 0 radical (unpaired) electrons. The van der Waals surface area contributed by atoms with Gasteiger partial charge in [-0.2, -0.15) is 0 Å². The van der Waals surface area contributed by atoms with E-state index in [1.165, 1.54) is 12.0 Å². The minimum atomic E-state index is -0.00298. The van der Waals surface area contributed by atoms with Crippen LogP contribution in [0, 0.1) is 0 Å². The van der Waals surface area contributed by atoms with Gasteiger partial charge in [0.25, 0.3) is 0 Å². The number of ether oxygens (including phenoxy) is 1. The Hall–Kier alpha value is -1.29. The molecule has 3 aliphatic heterocycles. The van der Waals surface area contributed by atoms with Gasteiger partial charge in [-0.15, -0.1) is 0 Å². The molecule has 4 nitrogen and oxygen atoms in total. The van der Waals surface area contributed by atoms with Gasteiger partial charge in [0.05, 0.1) is 6.20 Å². The summed E-state index contributed by atoms with van der Waals surface area (Å²) in [4.78, 5) is 6.86. The van der Waals surface area contributed by atoms with Crippen LogP contribution in [0.25, 0.3) is 0 Å². The highest BCUT2D eigenvalue weighted by Gasteiger charge is 2.44. The maximum absolute atomic E-state index is 6.17. The third-order valence-electron chi connectivity index (χ3n) is 4.40. The Morgan fingerprint density at radius 1 is 1.50 bits per heavy atom. The molecular formula is C14H19N3O. The third-order valence-corrected chi connectivity index (χ3v) is 4.40. The van der Waals surface area contributed by atoms with E-state index in [9.17, 15) is 0 Å². The number of rotatable bonds is 1. The number of nitrogens with zero attached hydrogens (tertiary/aromatic N) is 2. The van der Waals surface area contributed by atoms with Crippen LogP contribution in [0.5, 0.6) is 5.75 Å². The summed E-state index contributed by atoms with van der Waals surface area (Å²) in [5.41, 5.74) is 1.33. The van der Waals surface area contributed by atoms with Crippen LogP contribution in [0.2, 0.25) is 0 Å². The van der Waals surface area contributed by atoms with Crippen LogP contribution in [-0.2, 0) is 6.42 Å². The number of hydrogen-bond donors (Lipinski definition) is 1. The Labute approximate surface area is 107 Å². The topological polar surface area (TPSA) is 37.4 Å². The molecule has 0 bridgehead atoms. The van der Waals surface area contributed by atoms with Crippen molar-refractivity contribution in [2.75, 3.05) is 24.5 Å². The highest BCUT2D eigenvalue weighted by Crippen LogP contribution is 2.40. The lowest BCUT2D eigenvalue weighted by Gasteiger charge is -2.32. The number of nitrogens with one attached hydrogen (secondary N) is 1. The Morgan fingerprint density at radius 3 is 3.06 bits per heavy atom. The summed E-state index contributed by atoms with van der Waals surface area (Å²) in [5, 5.41) is 3.49.